The number of rotatable bonds is 3. The number of nitrogens with zero attached hydrogens (tertiary/aromatic N) is 1. The predicted octanol–water partition coefficient (Wildman–Crippen LogP) is 4.98. The smallest absolute Gasteiger partial charge is 0.132 e. The molecule has 3 rings (SSSR count). The zero-order chi connectivity index (χ0) is 15.1. The molecule has 108 valence electrons. The van der Waals surface area contributed by atoms with E-state index < -0.39 is 0 Å². The number of fused-ring (bicyclic) bond motifs is 1. The first kappa shape index (κ1) is 15.0. The number of Topliss-reactive ketones (excluding diaryl/α,β-unsaturated/α-hetero) is 1. The van der Waals surface area contributed by atoms with Gasteiger partial charge in [0.1, 0.15) is 5.78 Å². The molecule has 3 aromatic rings. The van der Waals surface area contributed by atoms with Crippen LogP contribution in [0.25, 0.3) is 16.8 Å². The minimum absolute atomic E-state index is 0.343. The Hall–Kier alpha value is -2.35. The van der Waals surface area contributed by atoms with Crippen LogP contribution in [-0.4, -0.2) is 10.2 Å². The Kier molecular flexibility index (Phi) is 5.33. The van der Waals surface area contributed by atoms with E-state index in [2.05, 4.69) is 65.2 Å². The molecule has 0 fully saturated rings. The summed E-state index contributed by atoms with van der Waals surface area (Å²) in [4.78, 5) is 10.2. The number of carbonyl (C=O) groups is 1. The van der Waals surface area contributed by atoms with E-state index >= 15 is 0 Å². The summed E-state index contributed by atoms with van der Waals surface area (Å²) in [6.45, 7) is 3.76. The van der Waals surface area contributed by atoms with Crippen molar-refractivity contribution in [2.75, 3.05) is 0 Å². The van der Waals surface area contributed by atoms with Gasteiger partial charge in [0, 0.05) is 24.6 Å². The van der Waals surface area contributed by atoms with Gasteiger partial charge in [-0.25, -0.2) is 0 Å². The van der Waals surface area contributed by atoms with E-state index in [4.69, 9.17) is 0 Å². The van der Waals surface area contributed by atoms with E-state index in [1.165, 1.54) is 16.8 Å². The number of benzene rings is 1. The van der Waals surface area contributed by atoms with Crippen LogP contribution in [0, 0.1) is 0 Å². The van der Waals surface area contributed by atoms with Crippen molar-refractivity contribution in [2.24, 2.45) is 0 Å². The molecule has 0 unspecified atom stereocenters. The standard InChI is InChI=1S/C14H11N.C5H10O/c1-2-6-12(7-3-1)14-10-9-13-8-4-5-11-15(13)14;1-3-5(6)4-2/h1-11H;3-4H2,1-2H3. The van der Waals surface area contributed by atoms with Crippen LogP contribution in [0.5, 0.6) is 0 Å². The largest absolute Gasteiger partial charge is 0.317 e. The highest BCUT2D eigenvalue weighted by Crippen LogP contribution is 2.21. The Morgan fingerprint density at radius 2 is 1.52 bits per heavy atom. The van der Waals surface area contributed by atoms with Gasteiger partial charge in [-0.05, 0) is 29.8 Å². The summed E-state index contributed by atoms with van der Waals surface area (Å²) in [5, 5.41) is 0. The van der Waals surface area contributed by atoms with Crippen molar-refractivity contribution in [1.82, 2.24) is 4.40 Å². The van der Waals surface area contributed by atoms with Gasteiger partial charge in [0.25, 0.3) is 0 Å². The van der Waals surface area contributed by atoms with Gasteiger partial charge in [-0.15, -0.1) is 0 Å². The minimum atomic E-state index is 0.343. The maximum atomic E-state index is 10.2. The highest BCUT2D eigenvalue weighted by molar-refractivity contribution is 5.77. The van der Waals surface area contributed by atoms with E-state index in [9.17, 15) is 4.79 Å². The van der Waals surface area contributed by atoms with Crippen LogP contribution in [0.15, 0.2) is 66.9 Å². The molecule has 2 heterocycles. The molecule has 0 amide bonds. The van der Waals surface area contributed by atoms with Gasteiger partial charge in [0.2, 0.25) is 0 Å². The predicted molar refractivity (Wildman–Crippen MR) is 88.4 cm³/mol. The molecule has 21 heavy (non-hydrogen) atoms. The van der Waals surface area contributed by atoms with E-state index in [-0.39, 0.29) is 0 Å². The Labute approximate surface area is 126 Å². The second kappa shape index (κ2) is 7.44. The molecule has 0 aliphatic heterocycles. The van der Waals surface area contributed by atoms with E-state index in [0.29, 0.717) is 18.6 Å². The average Bonchev–Trinajstić information content (AvgIpc) is 2.99. The fourth-order valence-corrected chi connectivity index (χ4v) is 2.15. The first-order chi connectivity index (χ1) is 10.3. The molecule has 0 saturated carbocycles. The summed E-state index contributed by atoms with van der Waals surface area (Å²) in [6.07, 6.45) is 3.48. The summed E-state index contributed by atoms with van der Waals surface area (Å²) in [7, 11) is 0. The van der Waals surface area contributed by atoms with Crippen molar-refractivity contribution in [3.63, 3.8) is 0 Å². The van der Waals surface area contributed by atoms with Crippen LogP contribution in [0.2, 0.25) is 0 Å². The van der Waals surface area contributed by atoms with Crippen molar-refractivity contribution in [3.05, 3.63) is 66.9 Å². The van der Waals surface area contributed by atoms with Gasteiger partial charge >= 0.3 is 0 Å². The molecule has 2 heteroatoms. The van der Waals surface area contributed by atoms with Crippen LogP contribution in [0.4, 0.5) is 0 Å². The third kappa shape index (κ3) is 3.82. The molecule has 0 radical (unpaired) electrons. The van der Waals surface area contributed by atoms with Crippen LogP contribution >= 0.6 is 0 Å². The van der Waals surface area contributed by atoms with Gasteiger partial charge in [-0.3, -0.25) is 4.79 Å². The molecule has 0 N–H and O–H groups in total. The first-order valence-corrected chi connectivity index (χ1v) is 7.39. The van der Waals surface area contributed by atoms with E-state index in [1.807, 2.05) is 19.9 Å². The number of ketones is 1. The van der Waals surface area contributed by atoms with Crippen molar-refractivity contribution < 1.29 is 4.79 Å². The Bertz CT molecular complexity index is 692. The lowest BCUT2D eigenvalue weighted by Crippen LogP contribution is -1.88. The molecule has 1 aromatic carbocycles. The number of pyridine rings is 1. The van der Waals surface area contributed by atoms with Crippen molar-refractivity contribution >= 4 is 11.3 Å². The number of aromatic nitrogens is 1. The maximum absolute atomic E-state index is 10.2. The Balaban J connectivity index is 0.000000232. The van der Waals surface area contributed by atoms with Gasteiger partial charge in [-0.1, -0.05) is 50.2 Å². The lowest BCUT2D eigenvalue weighted by molar-refractivity contribution is -0.118. The summed E-state index contributed by atoms with van der Waals surface area (Å²) in [6, 6.07) is 21.0. The molecule has 0 spiro atoms. The van der Waals surface area contributed by atoms with Crippen LogP contribution in [0.1, 0.15) is 26.7 Å². The first-order valence-electron chi connectivity index (χ1n) is 7.39. The van der Waals surface area contributed by atoms with E-state index in [1.54, 1.807) is 0 Å². The van der Waals surface area contributed by atoms with Crippen molar-refractivity contribution in [3.8, 4) is 11.3 Å². The number of carbonyl (C=O) groups excluding carboxylic acids is 1. The fraction of sp³-hybridized carbons (Fsp3) is 0.211. The number of hydrogen-bond donors (Lipinski definition) is 0. The van der Waals surface area contributed by atoms with Crippen LogP contribution in [0.3, 0.4) is 0 Å². The lowest BCUT2D eigenvalue weighted by Gasteiger charge is -2.01. The summed E-state index contributed by atoms with van der Waals surface area (Å²) < 4.78 is 2.20. The summed E-state index contributed by atoms with van der Waals surface area (Å²) in [5.74, 6) is 0.343. The summed E-state index contributed by atoms with van der Waals surface area (Å²) >= 11 is 0. The fourth-order valence-electron chi connectivity index (χ4n) is 2.15. The van der Waals surface area contributed by atoms with Gasteiger partial charge < -0.3 is 4.40 Å². The van der Waals surface area contributed by atoms with Crippen molar-refractivity contribution in [2.45, 2.75) is 26.7 Å². The maximum Gasteiger partial charge on any atom is 0.132 e. The van der Waals surface area contributed by atoms with Crippen LogP contribution in [-0.2, 0) is 4.79 Å². The monoisotopic (exact) mass is 279 g/mol. The van der Waals surface area contributed by atoms with Gasteiger partial charge in [-0.2, -0.15) is 0 Å². The molecular weight excluding hydrogens is 258 g/mol. The molecule has 0 atom stereocenters. The summed E-state index contributed by atoms with van der Waals surface area (Å²) in [5.41, 5.74) is 3.73. The van der Waals surface area contributed by atoms with Crippen LogP contribution < -0.4 is 0 Å². The van der Waals surface area contributed by atoms with Crippen molar-refractivity contribution in [1.29, 1.82) is 0 Å². The number of hydrogen-bond acceptors (Lipinski definition) is 1. The SMILES string of the molecule is CCC(=O)CC.c1ccc(-c2ccc3ccccn23)cc1. The quantitative estimate of drug-likeness (QED) is 0.662. The third-order valence-corrected chi connectivity index (χ3v) is 3.42. The highest BCUT2D eigenvalue weighted by Gasteiger charge is 2.01. The Morgan fingerprint density at radius 3 is 2.14 bits per heavy atom. The van der Waals surface area contributed by atoms with E-state index in [0.717, 1.165) is 0 Å². The molecule has 0 aliphatic carbocycles. The lowest BCUT2D eigenvalue weighted by atomic mass is 10.2. The Morgan fingerprint density at radius 1 is 0.857 bits per heavy atom. The zero-order valence-electron chi connectivity index (χ0n) is 12.6. The second-order valence-corrected chi connectivity index (χ2v) is 4.83. The average molecular weight is 279 g/mol. The molecule has 2 nitrogen and oxygen atoms in total. The second-order valence-electron chi connectivity index (χ2n) is 4.83. The topological polar surface area (TPSA) is 21.5 Å². The molecule has 0 saturated heterocycles. The third-order valence-electron chi connectivity index (χ3n) is 3.42. The normalized spacial score (nSPS) is 10.0. The highest BCUT2D eigenvalue weighted by atomic mass is 16.1. The molecule has 0 aliphatic rings. The molecule has 2 aromatic heterocycles. The molecular formula is C19H21NO. The zero-order valence-corrected chi connectivity index (χ0v) is 12.6. The minimum Gasteiger partial charge on any atom is -0.317 e. The molecule has 0 bridgehead atoms. The van der Waals surface area contributed by atoms with Gasteiger partial charge in [0.05, 0.1) is 5.69 Å². The van der Waals surface area contributed by atoms with Gasteiger partial charge in [0.15, 0.2) is 0 Å².